The Bertz CT molecular complexity index is 836. The van der Waals surface area contributed by atoms with Gasteiger partial charge in [0, 0.05) is 13.1 Å². The van der Waals surface area contributed by atoms with Crippen LogP contribution < -0.4 is 11.2 Å². The lowest BCUT2D eigenvalue weighted by molar-refractivity contribution is 0.364. The minimum Gasteiger partial charge on any atom is -0.290 e. The van der Waals surface area contributed by atoms with Gasteiger partial charge in [-0.05, 0) is 19.8 Å². The summed E-state index contributed by atoms with van der Waals surface area (Å²) in [7, 11) is 0. The molecule has 2 aromatic rings. The highest BCUT2D eigenvalue weighted by Gasteiger charge is 2.18. The molecule has 0 aliphatic carbocycles. The minimum atomic E-state index is -1.81. The Balaban J connectivity index is 2.66. The zero-order valence-electron chi connectivity index (χ0n) is 14.4. The summed E-state index contributed by atoms with van der Waals surface area (Å²) >= 11 is -1.81. The molecule has 0 bridgehead atoms. The molecule has 0 radical (unpaired) electrons. The average Bonchev–Trinajstić information content (AvgIpc) is 3.00. The molecule has 0 N–H and O–H groups in total. The first kappa shape index (κ1) is 18.6. The molecule has 2 rings (SSSR count). The monoisotopic (exact) mass is 356 g/mol. The second kappa shape index (κ2) is 8.39. The molecule has 1 atom stereocenters. The van der Waals surface area contributed by atoms with Gasteiger partial charge in [-0.25, -0.2) is 9.00 Å². The van der Waals surface area contributed by atoms with Crippen molar-refractivity contribution in [1.82, 2.24) is 18.3 Å². The van der Waals surface area contributed by atoms with Crippen LogP contribution in [0, 0.1) is 0 Å². The lowest BCUT2D eigenvalue weighted by Gasteiger charge is -2.10. The third-order valence-corrected chi connectivity index (χ3v) is 4.65. The second-order valence-electron chi connectivity index (χ2n) is 5.49. The van der Waals surface area contributed by atoms with Gasteiger partial charge >= 0.3 is 5.69 Å². The van der Waals surface area contributed by atoms with Crippen molar-refractivity contribution in [3.8, 4) is 0 Å². The first-order valence-electron chi connectivity index (χ1n) is 8.33. The first-order valence-corrected chi connectivity index (χ1v) is 9.36. The molecular weight excluding hydrogens is 332 g/mol. The van der Waals surface area contributed by atoms with Crippen molar-refractivity contribution in [2.24, 2.45) is 0 Å². The van der Waals surface area contributed by atoms with Crippen LogP contribution in [0.25, 0.3) is 11.0 Å². The number of aromatic nitrogens is 4. The van der Waals surface area contributed by atoms with Crippen LogP contribution in [0.5, 0.6) is 0 Å². The summed E-state index contributed by atoms with van der Waals surface area (Å²) in [5.74, 6) is 0. The van der Waals surface area contributed by atoms with Crippen molar-refractivity contribution in [3.63, 3.8) is 0 Å². The van der Waals surface area contributed by atoms with Gasteiger partial charge < -0.3 is 0 Å². The summed E-state index contributed by atoms with van der Waals surface area (Å²) in [5, 5.41) is 4.11. The third-order valence-electron chi connectivity index (χ3n) is 3.72. The van der Waals surface area contributed by atoms with Gasteiger partial charge in [-0.15, -0.1) is 0 Å². The van der Waals surface area contributed by atoms with E-state index < -0.39 is 16.8 Å². The van der Waals surface area contributed by atoms with Crippen LogP contribution in [-0.2, 0) is 28.5 Å². The molecule has 0 amide bonds. The second-order valence-corrected chi connectivity index (χ2v) is 6.53. The molecule has 0 saturated heterocycles. The smallest absolute Gasteiger partial charge is 0.290 e. The summed E-state index contributed by atoms with van der Waals surface area (Å²) in [6.45, 7) is 6.85. The van der Waals surface area contributed by atoms with Gasteiger partial charge in [-0.3, -0.25) is 18.1 Å². The number of unbranched alkanes of at least 4 members (excludes halogenated alkanes) is 2. The molecule has 9 heteroatoms. The van der Waals surface area contributed by atoms with Gasteiger partial charge in [0.2, 0.25) is 0 Å². The Morgan fingerprint density at radius 3 is 2.29 bits per heavy atom. The van der Waals surface area contributed by atoms with Crippen molar-refractivity contribution >= 4 is 22.3 Å². The largest absolute Gasteiger partial charge is 0.331 e. The fourth-order valence-corrected chi connectivity index (χ4v) is 3.08. The maximum absolute atomic E-state index is 12.7. The molecule has 2 aromatic heterocycles. The summed E-state index contributed by atoms with van der Waals surface area (Å²) in [5.41, 5.74) is -0.228. The van der Waals surface area contributed by atoms with E-state index in [9.17, 15) is 13.8 Å². The van der Waals surface area contributed by atoms with Gasteiger partial charge in [0.05, 0.1) is 18.3 Å². The molecule has 0 fully saturated rings. The van der Waals surface area contributed by atoms with Crippen LogP contribution in [0.15, 0.2) is 15.8 Å². The van der Waals surface area contributed by atoms with Crippen LogP contribution in [0.4, 0.5) is 0 Å². The van der Waals surface area contributed by atoms with Gasteiger partial charge in [-0.2, -0.15) is 9.19 Å². The van der Waals surface area contributed by atoms with E-state index in [2.05, 4.69) is 5.10 Å². The maximum atomic E-state index is 12.7. The Morgan fingerprint density at radius 1 is 1.08 bits per heavy atom. The topological polar surface area (TPSA) is 88.1 Å². The third kappa shape index (κ3) is 3.67. The van der Waals surface area contributed by atoms with Crippen molar-refractivity contribution in [2.75, 3.05) is 6.61 Å². The molecule has 0 aliphatic rings. The van der Waals surface area contributed by atoms with Crippen molar-refractivity contribution in [3.05, 3.63) is 27.0 Å². The normalized spacial score (nSPS) is 12.8. The van der Waals surface area contributed by atoms with Crippen LogP contribution in [0.1, 0.15) is 46.5 Å². The molecule has 2 heterocycles. The lowest BCUT2D eigenvalue weighted by Crippen LogP contribution is -2.40. The Hall–Kier alpha value is -1.74. The number of hydrogen-bond acceptors (Lipinski definition) is 5. The van der Waals surface area contributed by atoms with E-state index in [0.717, 1.165) is 29.8 Å². The number of hydrogen-bond donors (Lipinski definition) is 0. The SMILES string of the molecule is CCCCn1c(=O)c2nn(S(=O)OCC)cc2n(CCCC)c1=O. The minimum absolute atomic E-state index is 0.148. The highest BCUT2D eigenvalue weighted by atomic mass is 32.2. The molecular formula is C15H24N4O4S. The molecule has 1 unspecified atom stereocenters. The van der Waals surface area contributed by atoms with Gasteiger partial charge in [0.25, 0.3) is 16.8 Å². The number of nitrogens with zero attached hydrogens (tertiary/aromatic N) is 4. The van der Waals surface area contributed by atoms with Crippen molar-refractivity contribution in [1.29, 1.82) is 0 Å². The van der Waals surface area contributed by atoms with Gasteiger partial charge in [0.15, 0.2) is 5.52 Å². The van der Waals surface area contributed by atoms with Crippen LogP contribution in [-0.4, -0.2) is 29.1 Å². The highest BCUT2D eigenvalue weighted by Crippen LogP contribution is 2.09. The average molecular weight is 356 g/mol. The Kier molecular flexibility index (Phi) is 6.50. The van der Waals surface area contributed by atoms with E-state index in [1.54, 1.807) is 11.5 Å². The van der Waals surface area contributed by atoms with E-state index >= 15 is 0 Å². The number of aryl methyl sites for hydroxylation is 1. The molecule has 24 heavy (non-hydrogen) atoms. The van der Waals surface area contributed by atoms with E-state index in [-0.39, 0.29) is 17.8 Å². The summed E-state index contributed by atoms with van der Waals surface area (Å²) in [4.78, 5) is 25.3. The molecule has 0 aliphatic heterocycles. The molecule has 134 valence electrons. The van der Waals surface area contributed by atoms with Gasteiger partial charge in [-0.1, -0.05) is 26.7 Å². The number of rotatable bonds is 9. The fourth-order valence-electron chi connectivity index (χ4n) is 2.43. The van der Waals surface area contributed by atoms with E-state index in [4.69, 9.17) is 4.18 Å². The zero-order valence-corrected chi connectivity index (χ0v) is 15.2. The van der Waals surface area contributed by atoms with Crippen molar-refractivity contribution in [2.45, 2.75) is 59.5 Å². The maximum Gasteiger partial charge on any atom is 0.331 e. The zero-order chi connectivity index (χ0) is 17.7. The fraction of sp³-hybridized carbons (Fsp3) is 0.667. The van der Waals surface area contributed by atoms with E-state index in [1.165, 1.54) is 10.8 Å². The standard InChI is InChI=1S/C15H24N4O4S/c1-4-7-9-17-12-11-19(24(22)23-6-3)16-13(12)14(20)18(15(17)21)10-8-5-2/h11H,4-10H2,1-3H3. The molecule has 0 aromatic carbocycles. The quantitative estimate of drug-likeness (QED) is 0.678. The molecule has 8 nitrogen and oxygen atoms in total. The highest BCUT2D eigenvalue weighted by molar-refractivity contribution is 7.78. The van der Waals surface area contributed by atoms with Gasteiger partial charge in [0.1, 0.15) is 0 Å². The lowest BCUT2D eigenvalue weighted by atomic mass is 10.3. The van der Waals surface area contributed by atoms with E-state index in [0.29, 0.717) is 18.6 Å². The summed E-state index contributed by atoms with van der Waals surface area (Å²) in [6.07, 6.45) is 4.78. The Labute approximate surface area is 142 Å². The first-order chi connectivity index (χ1) is 11.5. The predicted octanol–water partition coefficient (Wildman–Crippen LogP) is 1.42. The summed E-state index contributed by atoms with van der Waals surface area (Å²) < 4.78 is 20.9. The number of fused-ring (bicyclic) bond motifs is 1. The van der Waals surface area contributed by atoms with E-state index in [1.807, 2.05) is 13.8 Å². The van der Waals surface area contributed by atoms with Crippen LogP contribution >= 0.6 is 0 Å². The predicted molar refractivity (Wildman–Crippen MR) is 93.2 cm³/mol. The van der Waals surface area contributed by atoms with Crippen molar-refractivity contribution < 1.29 is 8.39 Å². The summed E-state index contributed by atoms with van der Waals surface area (Å²) in [6, 6.07) is 0. The van der Waals surface area contributed by atoms with Crippen LogP contribution in [0.3, 0.4) is 0 Å². The van der Waals surface area contributed by atoms with Crippen LogP contribution in [0.2, 0.25) is 0 Å². The molecule has 0 spiro atoms. The Morgan fingerprint density at radius 2 is 1.71 bits per heavy atom. The molecule has 0 saturated carbocycles.